The molecule has 2 aromatic rings. The third-order valence-corrected chi connectivity index (χ3v) is 3.86. The van der Waals surface area contributed by atoms with Crippen molar-refractivity contribution in [3.8, 4) is 0 Å². The van der Waals surface area contributed by atoms with Crippen LogP contribution in [0.5, 0.6) is 0 Å². The van der Waals surface area contributed by atoms with Crippen LogP contribution in [-0.2, 0) is 4.74 Å². The number of morpholine rings is 1. The van der Waals surface area contributed by atoms with E-state index in [4.69, 9.17) is 4.74 Å². The van der Waals surface area contributed by atoms with Gasteiger partial charge in [0.05, 0.1) is 13.2 Å². The SMILES string of the molecule is Cc1cccc(C(=O)N2CCOC(c3ccc(F)cc3)C2)c1. The Morgan fingerprint density at radius 3 is 2.73 bits per heavy atom. The van der Waals surface area contributed by atoms with E-state index in [2.05, 4.69) is 0 Å². The molecule has 0 saturated carbocycles. The zero-order valence-electron chi connectivity index (χ0n) is 12.5. The van der Waals surface area contributed by atoms with Crippen LogP contribution < -0.4 is 0 Å². The van der Waals surface area contributed by atoms with Gasteiger partial charge in [-0.05, 0) is 36.8 Å². The number of halogens is 1. The molecule has 114 valence electrons. The largest absolute Gasteiger partial charge is 0.370 e. The second-order valence-electron chi connectivity index (χ2n) is 5.53. The monoisotopic (exact) mass is 299 g/mol. The summed E-state index contributed by atoms with van der Waals surface area (Å²) >= 11 is 0. The molecule has 0 spiro atoms. The second kappa shape index (κ2) is 6.28. The van der Waals surface area contributed by atoms with Crippen molar-refractivity contribution in [1.29, 1.82) is 0 Å². The highest BCUT2D eigenvalue weighted by molar-refractivity contribution is 5.94. The van der Waals surface area contributed by atoms with Gasteiger partial charge in [-0.25, -0.2) is 4.39 Å². The van der Waals surface area contributed by atoms with Gasteiger partial charge >= 0.3 is 0 Å². The number of hydrogen-bond donors (Lipinski definition) is 0. The first kappa shape index (κ1) is 14.7. The Morgan fingerprint density at radius 2 is 2.00 bits per heavy atom. The van der Waals surface area contributed by atoms with Crippen molar-refractivity contribution in [2.75, 3.05) is 19.7 Å². The van der Waals surface area contributed by atoms with Gasteiger partial charge < -0.3 is 9.64 Å². The van der Waals surface area contributed by atoms with Gasteiger partial charge in [0.25, 0.3) is 5.91 Å². The molecule has 2 aromatic carbocycles. The fourth-order valence-corrected chi connectivity index (χ4v) is 2.67. The molecule has 0 radical (unpaired) electrons. The number of amides is 1. The fraction of sp³-hybridized carbons (Fsp3) is 0.278. The van der Waals surface area contributed by atoms with Crippen LogP contribution in [-0.4, -0.2) is 30.5 Å². The van der Waals surface area contributed by atoms with E-state index in [-0.39, 0.29) is 17.8 Å². The molecule has 0 N–H and O–H groups in total. The third-order valence-electron chi connectivity index (χ3n) is 3.86. The molecule has 0 aliphatic carbocycles. The maximum Gasteiger partial charge on any atom is 0.254 e. The van der Waals surface area contributed by atoms with Gasteiger partial charge in [-0.2, -0.15) is 0 Å². The third kappa shape index (κ3) is 3.17. The quantitative estimate of drug-likeness (QED) is 0.851. The van der Waals surface area contributed by atoms with E-state index in [9.17, 15) is 9.18 Å². The van der Waals surface area contributed by atoms with Gasteiger partial charge in [0.2, 0.25) is 0 Å². The van der Waals surface area contributed by atoms with Crippen molar-refractivity contribution < 1.29 is 13.9 Å². The summed E-state index contributed by atoms with van der Waals surface area (Å²) in [6.45, 7) is 3.51. The van der Waals surface area contributed by atoms with E-state index in [0.29, 0.717) is 25.3 Å². The maximum atomic E-state index is 13.0. The lowest BCUT2D eigenvalue weighted by atomic mass is 10.1. The Balaban J connectivity index is 1.75. The molecule has 3 rings (SSSR count). The summed E-state index contributed by atoms with van der Waals surface area (Å²) in [6.07, 6.45) is -0.205. The number of benzene rings is 2. The number of nitrogens with zero attached hydrogens (tertiary/aromatic N) is 1. The van der Waals surface area contributed by atoms with Crippen LogP contribution in [0, 0.1) is 12.7 Å². The van der Waals surface area contributed by atoms with Crippen LogP contribution in [0.1, 0.15) is 27.6 Å². The highest BCUT2D eigenvalue weighted by Crippen LogP contribution is 2.23. The molecule has 1 fully saturated rings. The van der Waals surface area contributed by atoms with Gasteiger partial charge in [-0.15, -0.1) is 0 Å². The maximum absolute atomic E-state index is 13.0. The summed E-state index contributed by atoms with van der Waals surface area (Å²) in [7, 11) is 0. The molecular weight excluding hydrogens is 281 g/mol. The highest BCUT2D eigenvalue weighted by Gasteiger charge is 2.26. The minimum atomic E-state index is -0.271. The molecule has 1 atom stereocenters. The standard InChI is InChI=1S/C18H18FNO2/c1-13-3-2-4-15(11-13)18(21)20-9-10-22-17(12-20)14-5-7-16(19)8-6-14/h2-8,11,17H,9-10,12H2,1H3. The minimum absolute atomic E-state index is 0.0131. The first-order valence-corrected chi connectivity index (χ1v) is 7.36. The number of rotatable bonds is 2. The van der Waals surface area contributed by atoms with Crippen molar-refractivity contribution in [3.05, 3.63) is 71.0 Å². The molecule has 4 heteroatoms. The Hall–Kier alpha value is -2.20. The number of hydrogen-bond acceptors (Lipinski definition) is 2. The van der Waals surface area contributed by atoms with E-state index in [1.165, 1.54) is 12.1 Å². The highest BCUT2D eigenvalue weighted by atomic mass is 19.1. The Kier molecular flexibility index (Phi) is 4.20. The van der Waals surface area contributed by atoms with Gasteiger partial charge in [0.1, 0.15) is 11.9 Å². The molecular formula is C18H18FNO2. The van der Waals surface area contributed by atoms with E-state index in [0.717, 1.165) is 11.1 Å². The van der Waals surface area contributed by atoms with Crippen LogP contribution in [0.3, 0.4) is 0 Å². The summed E-state index contributed by atoms with van der Waals surface area (Å²) in [4.78, 5) is 14.4. The number of aryl methyl sites for hydroxylation is 1. The van der Waals surface area contributed by atoms with Crippen molar-refractivity contribution in [2.24, 2.45) is 0 Å². The summed E-state index contributed by atoms with van der Waals surface area (Å²) in [6, 6.07) is 13.8. The smallest absolute Gasteiger partial charge is 0.254 e. The zero-order chi connectivity index (χ0) is 15.5. The normalized spacial score (nSPS) is 18.3. The molecule has 0 bridgehead atoms. The van der Waals surface area contributed by atoms with E-state index >= 15 is 0 Å². The lowest BCUT2D eigenvalue weighted by molar-refractivity contribution is -0.0228. The van der Waals surface area contributed by atoms with Gasteiger partial charge in [0, 0.05) is 12.1 Å². The number of ether oxygens (including phenoxy) is 1. The first-order chi connectivity index (χ1) is 10.6. The molecule has 1 heterocycles. The minimum Gasteiger partial charge on any atom is -0.370 e. The van der Waals surface area contributed by atoms with Crippen molar-refractivity contribution in [3.63, 3.8) is 0 Å². The molecule has 3 nitrogen and oxygen atoms in total. The van der Waals surface area contributed by atoms with Gasteiger partial charge in [-0.1, -0.05) is 29.8 Å². The summed E-state index contributed by atoms with van der Waals surface area (Å²) in [5.41, 5.74) is 2.65. The number of carbonyl (C=O) groups is 1. The van der Waals surface area contributed by atoms with Gasteiger partial charge in [-0.3, -0.25) is 4.79 Å². The second-order valence-corrected chi connectivity index (χ2v) is 5.53. The van der Waals surface area contributed by atoms with Crippen LogP contribution in [0.25, 0.3) is 0 Å². The summed E-state index contributed by atoms with van der Waals surface area (Å²) < 4.78 is 18.7. The van der Waals surface area contributed by atoms with Crippen molar-refractivity contribution in [2.45, 2.75) is 13.0 Å². The Bertz CT molecular complexity index is 669. The van der Waals surface area contributed by atoms with E-state index in [1.54, 1.807) is 17.0 Å². The van der Waals surface area contributed by atoms with Crippen molar-refractivity contribution >= 4 is 5.91 Å². The molecule has 22 heavy (non-hydrogen) atoms. The Morgan fingerprint density at radius 1 is 1.23 bits per heavy atom. The molecule has 1 saturated heterocycles. The average molecular weight is 299 g/mol. The summed E-state index contributed by atoms with van der Waals surface area (Å²) in [5.74, 6) is -0.258. The van der Waals surface area contributed by atoms with Crippen LogP contribution >= 0.6 is 0 Å². The van der Waals surface area contributed by atoms with E-state index in [1.807, 2.05) is 31.2 Å². The Labute approximate surface area is 129 Å². The van der Waals surface area contributed by atoms with Crippen molar-refractivity contribution in [1.82, 2.24) is 4.90 Å². The zero-order valence-corrected chi connectivity index (χ0v) is 12.5. The molecule has 1 unspecified atom stereocenters. The predicted octanol–water partition coefficient (Wildman–Crippen LogP) is 3.35. The lowest BCUT2D eigenvalue weighted by Gasteiger charge is -2.33. The predicted molar refractivity (Wildman–Crippen MR) is 82.2 cm³/mol. The summed E-state index contributed by atoms with van der Waals surface area (Å²) in [5, 5.41) is 0. The van der Waals surface area contributed by atoms with Gasteiger partial charge in [0.15, 0.2) is 0 Å². The van der Waals surface area contributed by atoms with Crippen LogP contribution in [0.15, 0.2) is 48.5 Å². The van der Waals surface area contributed by atoms with Crippen LogP contribution in [0.2, 0.25) is 0 Å². The fourth-order valence-electron chi connectivity index (χ4n) is 2.67. The molecule has 0 aromatic heterocycles. The average Bonchev–Trinajstić information content (AvgIpc) is 2.55. The number of carbonyl (C=O) groups excluding carboxylic acids is 1. The first-order valence-electron chi connectivity index (χ1n) is 7.36. The lowest BCUT2D eigenvalue weighted by Crippen LogP contribution is -2.42. The topological polar surface area (TPSA) is 29.5 Å². The molecule has 1 amide bonds. The van der Waals surface area contributed by atoms with Crippen LogP contribution in [0.4, 0.5) is 4.39 Å². The van der Waals surface area contributed by atoms with E-state index < -0.39 is 0 Å². The molecule has 1 aliphatic rings. The molecule has 1 aliphatic heterocycles.